The van der Waals surface area contributed by atoms with Crippen LogP contribution in [0.2, 0.25) is 0 Å². The fourth-order valence-corrected chi connectivity index (χ4v) is 2.32. The Morgan fingerprint density at radius 1 is 1.39 bits per heavy atom. The van der Waals surface area contributed by atoms with Crippen LogP contribution in [0.5, 0.6) is 0 Å². The molecule has 7 heteroatoms. The second-order valence-corrected chi connectivity index (χ2v) is 5.45. The highest BCUT2D eigenvalue weighted by Crippen LogP contribution is 2.10. The van der Waals surface area contributed by atoms with Crippen molar-refractivity contribution in [2.45, 2.75) is 25.9 Å². The normalized spacial score (nSPS) is 12.1. The summed E-state index contributed by atoms with van der Waals surface area (Å²) in [6.45, 7) is 3.04. The maximum Gasteiger partial charge on any atom is 0.335 e. The number of nitrogens with one attached hydrogen (secondary N) is 1. The van der Waals surface area contributed by atoms with Gasteiger partial charge in [-0.15, -0.1) is 0 Å². The molecule has 5 N–H and O–H groups in total. The Kier molecular flexibility index (Phi) is 5.72. The van der Waals surface area contributed by atoms with Gasteiger partial charge >= 0.3 is 5.97 Å². The average molecular weight is 318 g/mol. The molecule has 0 saturated heterocycles. The van der Waals surface area contributed by atoms with Crippen LogP contribution in [0, 0.1) is 6.92 Å². The zero-order valence-corrected chi connectivity index (χ0v) is 13.1. The van der Waals surface area contributed by atoms with E-state index in [9.17, 15) is 4.79 Å². The number of aliphatic hydroxyl groups is 1. The largest absolute Gasteiger partial charge is 0.478 e. The summed E-state index contributed by atoms with van der Waals surface area (Å²) in [5, 5.41) is 25.4. The average Bonchev–Trinajstić information content (AvgIpc) is 2.85. The molecule has 2 rings (SSSR count). The van der Waals surface area contributed by atoms with Gasteiger partial charge in [-0.2, -0.15) is 5.10 Å². The van der Waals surface area contributed by atoms with Gasteiger partial charge in [-0.25, -0.2) is 4.79 Å². The number of aryl methyl sites for hydroxylation is 1. The van der Waals surface area contributed by atoms with E-state index in [2.05, 4.69) is 10.4 Å². The fourth-order valence-electron chi connectivity index (χ4n) is 2.32. The number of benzene rings is 1. The molecule has 1 aromatic carbocycles. The van der Waals surface area contributed by atoms with E-state index in [1.807, 2.05) is 13.0 Å². The third-order valence-electron chi connectivity index (χ3n) is 3.52. The van der Waals surface area contributed by atoms with Gasteiger partial charge in [-0.3, -0.25) is 4.68 Å². The minimum absolute atomic E-state index is 0.0574. The summed E-state index contributed by atoms with van der Waals surface area (Å²) in [6, 6.07) is 8.39. The van der Waals surface area contributed by atoms with Gasteiger partial charge in [0.25, 0.3) is 0 Å². The van der Waals surface area contributed by atoms with Crippen molar-refractivity contribution in [3.05, 3.63) is 47.3 Å². The van der Waals surface area contributed by atoms with Crippen LogP contribution < -0.4 is 11.1 Å². The van der Waals surface area contributed by atoms with E-state index in [1.54, 1.807) is 28.9 Å². The van der Waals surface area contributed by atoms with Crippen LogP contribution in [0.1, 0.15) is 21.7 Å². The Morgan fingerprint density at radius 2 is 2.09 bits per heavy atom. The fraction of sp³-hybridized carbons (Fsp3) is 0.375. The SMILES string of the molecule is Cc1cc(CC(N)CNc2ccc(C(=O)O)cc2)nn1CCO. The second-order valence-electron chi connectivity index (χ2n) is 5.45. The number of anilines is 1. The van der Waals surface area contributed by atoms with Gasteiger partial charge in [0.2, 0.25) is 0 Å². The summed E-state index contributed by atoms with van der Waals surface area (Å²) in [5.41, 5.74) is 9.08. The van der Waals surface area contributed by atoms with Crippen molar-refractivity contribution in [2.75, 3.05) is 18.5 Å². The van der Waals surface area contributed by atoms with E-state index in [0.29, 0.717) is 19.5 Å². The third-order valence-corrected chi connectivity index (χ3v) is 3.52. The molecule has 0 aliphatic heterocycles. The highest BCUT2D eigenvalue weighted by Gasteiger charge is 2.09. The number of nitrogens with zero attached hydrogens (tertiary/aromatic N) is 2. The van der Waals surface area contributed by atoms with Crippen LogP contribution in [0.4, 0.5) is 5.69 Å². The zero-order valence-electron chi connectivity index (χ0n) is 13.1. The minimum atomic E-state index is -0.943. The van der Waals surface area contributed by atoms with Crippen LogP contribution in [0.15, 0.2) is 30.3 Å². The Hall–Kier alpha value is -2.38. The molecule has 1 aromatic heterocycles. The van der Waals surface area contributed by atoms with E-state index < -0.39 is 5.97 Å². The van der Waals surface area contributed by atoms with Gasteiger partial charge < -0.3 is 21.3 Å². The predicted molar refractivity (Wildman–Crippen MR) is 87.6 cm³/mol. The topological polar surface area (TPSA) is 113 Å². The Morgan fingerprint density at radius 3 is 2.70 bits per heavy atom. The maximum atomic E-state index is 10.8. The summed E-state index contributed by atoms with van der Waals surface area (Å²) in [6.07, 6.45) is 0.624. The van der Waals surface area contributed by atoms with Gasteiger partial charge in [0.15, 0.2) is 0 Å². The Labute approximate surface area is 134 Å². The number of carboxylic acid groups (broad SMARTS) is 1. The predicted octanol–water partition coefficient (Wildman–Crippen LogP) is 0.864. The van der Waals surface area contributed by atoms with Crippen LogP contribution in [-0.2, 0) is 13.0 Å². The van der Waals surface area contributed by atoms with Crippen molar-refractivity contribution < 1.29 is 15.0 Å². The molecule has 23 heavy (non-hydrogen) atoms. The van der Waals surface area contributed by atoms with Gasteiger partial charge in [-0.05, 0) is 37.3 Å². The third kappa shape index (κ3) is 4.80. The highest BCUT2D eigenvalue weighted by molar-refractivity contribution is 5.87. The first-order valence-electron chi connectivity index (χ1n) is 7.46. The van der Waals surface area contributed by atoms with Gasteiger partial charge in [0.05, 0.1) is 24.4 Å². The molecule has 124 valence electrons. The van der Waals surface area contributed by atoms with Gasteiger partial charge in [-0.1, -0.05) is 0 Å². The molecule has 0 aliphatic carbocycles. The Bertz CT molecular complexity index is 652. The van der Waals surface area contributed by atoms with Crippen molar-refractivity contribution in [3.8, 4) is 0 Å². The van der Waals surface area contributed by atoms with E-state index >= 15 is 0 Å². The molecule has 0 aliphatic rings. The summed E-state index contributed by atoms with van der Waals surface area (Å²) in [7, 11) is 0. The summed E-state index contributed by atoms with van der Waals surface area (Å²) in [5.74, 6) is -0.943. The smallest absolute Gasteiger partial charge is 0.335 e. The lowest BCUT2D eigenvalue weighted by Crippen LogP contribution is -2.31. The first-order chi connectivity index (χ1) is 11.0. The van der Waals surface area contributed by atoms with Crippen molar-refractivity contribution in [2.24, 2.45) is 5.73 Å². The maximum absolute atomic E-state index is 10.8. The van der Waals surface area contributed by atoms with E-state index in [0.717, 1.165) is 17.1 Å². The molecule has 0 fully saturated rings. The van der Waals surface area contributed by atoms with Crippen LogP contribution in [0.25, 0.3) is 0 Å². The number of aromatic nitrogens is 2. The first-order valence-corrected chi connectivity index (χ1v) is 7.46. The number of rotatable bonds is 8. The van der Waals surface area contributed by atoms with E-state index in [4.69, 9.17) is 15.9 Å². The van der Waals surface area contributed by atoms with Crippen LogP contribution >= 0.6 is 0 Å². The molecule has 0 bridgehead atoms. The molecular weight excluding hydrogens is 296 g/mol. The molecule has 1 unspecified atom stereocenters. The number of hydrogen-bond acceptors (Lipinski definition) is 5. The first kappa shape index (κ1) is 17.0. The van der Waals surface area contributed by atoms with E-state index in [1.165, 1.54) is 0 Å². The number of carboxylic acids is 1. The number of aromatic carboxylic acids is 1. The molecule has 0 saturated carbocycles. The van der Waals surface area contributed by atoms with Gasteiger partial charge in [0, 0.05) is 30.4 Å². The van der Waals surface area contributed by atoms with Crippen LogP contribution in [0.3, 0.4) is 0 Å². The summed E-state index contributed by atoms with van der Waals surface area (Å²) in [4.78, 5) is 10.8. The van der Waals surface area contributed by atoms with Crippen LogP contribution in [-0.4, -0.2) is 45.2 Å². The molecule has 1 atom stereocenters. The number of carbonyl (C=O) groups is 1. The minimum Gasteiger partial charge on any atom is -0.478 e. The highest BCUT2D eigenvalue weighted by atomic mass is 16.4. The second kappa shape index (κ2) is 7.75. The lowest BCUT2D eigenvalue weighted by atomic mass is 10.1. The number of aliphatic hydroxyl groups excluding tert-OH is 1. The van der Waals surface area contributed by atoms with Gasteiger partial charge in [0.1, 0.15) is 0 Å². The molecular formula is C16H22N4O3. The lowest BCUT2D eigenvalue weighted by molar-refractivity contribution is 0.0697. The zero-order chi connectivity index (χ0) is 16.8. The summed E-state index contributed by atoms with van der Waals surface area (Å²) >= 11 is 0. The number of hydrogen-bond donors (Lipinski definition) is 4. The molecule has 1 heterocycles. The molecule has 0 spiro atoms. The molecule has 0 amide bonds. The van der Waals surface area contributed by atoms with Crippen molar-refractivity contribution in [1.82, 2.24) is 9.78 Å². The van der Waals surface area contributed by atoms with E-state index in [-0.39, 0.29) is 18.2 Å². The van der Waals surface area contributed by atoms with Crippen molar-refractivity contribution >= 4 is 11.7 Å². The molecule has 0 radical (unpaired) electrons. The quantitative estimate of drug-likeness (QED) is 0.574. The standard InChI is InChI=1S/C16H22N4O3/c1-11-8-15(19-20(11)6-7-21)9-13(17)10-18-14-4-2-12(3-5-14)16(22)23/h2-5,8,13,18,21H,6-7,9-10,17H2,1H3,(H,22,23). The van der Waals surface area contributed by atoms with Crippen molar-refractivity contribution in [1.29, 1.82) is 0 Å². The number of nitrogens with two attached hydrogens (primary N) is 1. The molecule has 2 aromatic rings. The van der Waals surface area contributed by atoms with Crippen molar-refractivity contribution in [3.63, 3.8) is 0 Å². The molecule has 7 nitrogen and oxygen atoms in total. The summed E-state index contributed by atoms with van der Waals surface area (Å²) < 4.78 is 1.76. The lowest BCUT2D eigenvalue weighted by Gasteiger charge is -2.12. The Balaban J connectivity index is 1.86. The monoisotopic (exact) mass is 318 g/mol.